The first kappa shape index (κ1) is 14.5. The predicted octanol–water partition coefficient (Wildman–Crippen LogP) is 1.66. The molecule has 0 bridgehead atoms. The number of piperazine rings is 1. The van der Waals surface area contributed by atoms with Gasteiger partial charge in [-0.3, -0.25) is 9.69 Å². The molecule has 1 N–H and O–H groups in total. The Kier molecular flexibility index (Phi) is 6.52. The van der Waals surface area contributed by atoms with Crippen LogP contribution < -0.4 is 0 Å². The maximum atomic E-state index is 10.4. The number of unbranched alkanes of at least 4 members (excludes halogenated alkanes) is 2. The lowest BCUT2D eigenvalue weighted by molar-refractivity contribution is -0.137. The quantitative estimate of drug-likeness (QED) is 0.690. The van der Waals surface area contributed by atoms with Crippen LogP contribution in [-0.4, -0.2) is 59.6 Å². The summed E-state index contributed by atoms with van der Waals surface area (Å²) in [7, 11) is 0. The van der Waals surface area contributed by atoms with Gasteiger partial charge in [0, 0.05) is 32.1 Å². The highest BCUT2D eigenvalue weighted by molar-refractivity contribution is 5.66. The Morgan fingerprint density at radius 1 is 1.29 bits per heavy atom. The third kappa shape index (κ3) is 5.50. The summed E-state index contributed by atoms with van der Waals surface area (Å²) < 4.78 is 0. The Labute approximate surface area is 105 Å². The summed E-state index contributed by atoms with van der Waals surface area (Å²) in [5.74, 6) is -0.671. The number of hydrogen-bond acceptors (Lipinski definition) is 3. The average Bonchev–Trinajstić information content (AvgIpc) is 2.28. The topological polar surface area (TPSA) is 43.8 Å². The SMILES string of the molecule is CCN1CCN(CCCCCC(=O)O)CC1C. The van der Waals surface area contributed by atoms with Crippen molar-refractivity contribution >= 4 is 5.97 Å². The van der Waals surface area contributed by atoms with E-state index in [-0.39, 0.29) is 0 Å². The van der Waals surface area contributed by atoms with Crippen molar-refractivity contribution in [3.05, 3.63) is 0 Å². The monoisotopic (exact) mass is 242 g/mol. The third-order valence-corrected chi connectivity index (χ3v) is 3.62. The molecule has 1 unspecified atom stereocenters. The second kappa shape index (κ2) is 7.67. The van der Waals surface area contributed by atoms with Gasteiger partial charge in [0.05, 0.1) is 0 Å². The molecule has 4 heteroatoms. The number of aliphatic carboxylic acids is 1. The van der Waals surface area contributed by atoms with E-state index < -0.39 is 5.97 Å². The highest BCUT2D eigenvalue weighted by Gasteiger charge is 2.21. The highest BCUT2D eigenvalue weighted by Crippen LogP contribution is 2.10. The molecule has 0 saturated carbocycles. The van der Waals surface area contributed by atoms with Gasteiger partial charge in [0.1, 0.15) is 0 Å². The van der Waals surface area contributed by atoms with Crippen molar-refractivity contribution in [2.75, 3.05) is 32.7 Å². The normalized spacial score (nSPS) is 22.8. The summed E-state index contributed by atoms with van der Waals surface area (Å²) in [6.07, 6.45) is 3.31. The first-order valence-corrected chi connectivity index (χ1v) is 6.81. The van der Waals surface area contributed by atoms with E-state index in [0.29, 0.717) is 12.5 Å². The van der Waals surface area contributed by atoms with E-state index >= 15 is 0 Å². The molecular weight excluding hydrogens is 216 g/mol. The maximum Gasteiger partial charge on any atom is 0.303 e. The third-order valence-electron chi connectivity index (χ3n) is 3.62. The lowest BCUT2D eigenvalue weighted by Gasteiger charge is -2.39. The summed E-state index contributed by atoms with van der Waals surface area (Å²) in [6.45, 7) is 10.3. The van der Waals surface area contributed by atoms with Gasteiger partial charge in [0.25, 0.3) is 0 Å². The predicted molar refractivity (Wildman–Crippen MR) is 69.3 cm³/mol. The van der Waals surface area contributed by atoms with E-state index in [1.54, 1.807) is 0 Å². The molecule has 0 spiro atoms. The highest BCUT2D eigenvalue weighted by atomic mass is 16.4. The van der Waals surface area contributed by atoms with E-state index in [1.807, 2.05) is 0 Å². The molecule has 0 amide bonds. The second-order valence-electron chi connectivity index (χ2n) is 4.98. The molecule has 1 atom stereocenters. The van der Waals surface area contributed by atoms with Gasteiger partial charge >= 0.3 is 5.97 Å². The van der Waals surface area contributed by atoms with Crippen LogP contribution >= 0.6 is 0 Å². The second-order valence-corrected chi connectivity index (χ2v) is 4.98. The molecule has 1 aliphatic rings. The van der Waals surface area contributed by atoms with Crippen LogP contribution in [0.4, 0.5) is 0 Å². The van der Waals surface area contributed by atoms with Crippen LogP contribution in [0.3, 0.4) is 0 Å². The number of rotatable bonds is 7. The fourth-order valence-electron chi connectivity index (χ4n) is 2.53. The summed E-state index contributed by atoms with van der Waals surface area (Å²) in [5, 5.41) is 8.54. The van der Waals surface area contributed by atoms with Crippen LogP contribution in [0.5, 0.6) is 0 Å². The smallest absolute Gasteiger partial charge is 0.303 e. The van der Waals surface area contributed by atoms with Gasteiger partial charge in [-0.05, 0) is 32.9 Å². The molecule has 0 aromatic heterocycles. The lowest BCUT2D eigenvalue weighted by Crippen LogP contribution is -2.51. The summed E-state index contributed by atoms with van der Waals surface area (Å²) in [5.41, 5.74) is 0. The number of carboxylic acids is 1. The van der Waals surface area contributed by atoms with Gasteiger partial charge in [-0.15, -0.1) is 0 Å². The van der Waals surface area contributed by atoms with Crippen molar-refractivity contribution in [2.45, 2.75) is 45.6 Å². The van der Waals surface area contributed by atoms with Crippen LogP contribution in [0.2, 0.25) is 0 Å². The zero-order valence-corrected chi connectivity index (χ0v) is 11.2. The summed E-state index contributed by atoms with van der Waals surface area (Å²) >= 11 is 0. The number of hydrogen-bond donors (Lipinski definition) is 1. The molecule has 17 heavy (non-hydrogen) atoms. The van der Waals surface area contributed by atoms with Gasteiger partial charge in [-0.1, -0.05) is 13.3 Å². The molecule has 0 aromatic rings. The van der Waals surface area contributed by atoms with Crippen molar-refractivity contribution in [1.82, 2.24) is 9.80 Å². The van der Waals surface area contributed by atoms with E-state index in [2.05, 4.69) is 23.6 Å². The van der Waals surface area contributed by atoms with Crippen molar-refractivity contribution in [2.24, 2.45) is 0 Å². The minimum Gasteiger partial charge on any atom is -0.481 e. The van der Waals surface area contributed by atoms with Gasteiger partial charge in [-0.25, -0.2) is 0 Å². The first-order valence-electron chi connectivity index (χ1n) is 6.81. The van der Waals surface area contributed by atoms with Crippen molar-refractivity contribution in [3.63, 3.8) is 0 Å². The van der Waals surface area contributed by atoms with Crippen LogP contribution in [0.25, 0.3) is 0 Å². The molecule has 100 valence electrons. The number of likely N-dealkylation sites (N-methyl/N-ethyl adjacent to an activating group) is 1. The zero-order valence-electron chi connectivity index (χ0n) is 11.2. The standard InChI is InChI=1S/C13H26N2O2/c1-3-15-10-9-14(11-12(15)2)8-6-4-5-7-13(16)17/h12H,3-11H2,1-2H3,(H,16,17). The molecule has 1 heterocycles. The van der Waals surface area contributed by atoms with Crippen molar-refractivity contribution in [3.8, 4) is 0 Å². The minimum absolute atomic E-state index is 0.319. The Balaban J connectivity index is 2.07. The van der Waals surface area contributed by atoms with E-state index in [0.717, 1.165) is 45.4 Å². The largest absolute Gasteiger partial charge is 0.481 e. The number of carboxylic acid groups (broad SMARTS) is 1. The van der Waals surface area contributed by atoms with Gasteiger partial charge in [0.15, 0.2) is 0 Å². The van der Waals surface area contributed by atoms with Crippen LogP contribution in [0, 0.1) is 0 Å². The maximum absolute atomic E-state index is 10.4. The number of nitrogens with zero attached hydrogens (tertiary/aromatic N) is 2. The van der Waals surface area contributed by atoms with Gasteiger partial charge in [-0.2, -0.15) is 0 Å². The van der Waals surface area contributed by atoms with E-state index in [9.17, 15) is 4.79 Å². The van der Waals surface area contributed by atoms with Crippen molar-refractivity contribution < 1.29 is 9.90 Å². The Hall–Kier alpha value is -0.610. The van der Waals surface area contributed by atoms with Crippen LogP contribution in [-0.2, 0) is 4.79 Å². The average molecular weight is 242 g/mol. The zero-order chi connectivity index (χ0) is 12.7. The fraction of sp³-hybridized carbons (Fsp3) is 0.923. The lowest BCUT2D eigenvalue weighted by atomic mass is 10.1. The Bertz CT molecular complexity index is 233. The minimum atomic E-state index is -0.671. The molecule has 0 radical (unpaired) electrons. The summed E-state index contributed by atoms with van der Waals surface area (Å²) in [4.78, 5) is 15.4. The van der Waals surface area contributed by atoms with Gasteiger partial charge < -0.3 is 10.0 Å². The Morgan fingerprint density at radius 3 is 2.65 bits per heavy atom. The van der Waals surface area contributed by atoms with E-state index in [4.69, 9.17) is 5.11 Å². The molecule has 1 fully saturated rings. The molecule has 4 nitrogen and oxygen atoms in total. The van der Waals surface area contributed by atoms with Crippen LogP contribution in [0.1, 0.15) is 39.5 Å². The van der Waals surface area contributed by atoms with Crippen LogP contribution in [0.15, 0.2) is 0 Å². The Morgan fingerprint density at radius 2 is 2.06 bits per heavy atom. The molecule has 1 aliphatic heterocycles. The van der Waals surface area contributed by atoms with Gasteiger partial charge in [0.2, 0.25) is 0 Å². The molecule has 1 saturated heterocycles. The van der Waals surface area contributed by atoms with Crippen molar-refractivity contribution in [1.29, 1.82) is 0 Å². The molecular formula is C13H26N2O2. The summed E-state index contributed by atoms with van der Waals surface area (Å²) in [6, 6.07) is 0.660. The number of carbonyl (C=O) groups is 1. The first-order chi connectivity index (χ1) is 8.13. The molecule has 0 aliphatic carbocycles. The fourth-order valence-corrected chi connectivity index (χ4v) is 2.53. The van der Waals surface area contributed by atoms with E-state index in [1.165, 1.54) is 6.54 Å². The molecule has 0 aromatic carbocycles. The molecule has 1 rings (SSSR count).